The Hall–Kier alpha value is -1.39. The van der Waals surface area contributed by atoms with Crippen LogP contribution in [0.4, 0.5) is 5.69 Å². The highest BCUT2D eigenvalue weighted by Gasteiger charge is 2.21. The van der Waals surface area contributed by atoms with Gasteiger partial charge in [-0.3, -0.25) is 4.79 Å². The average molecular weight is 288 g/mol. The lowest BCUT2D eigenvalue weighted by Crippen LogP contribution is -2.32. The van der Waals surface area contributed by atoms with Crippen molar-refractivity contribution in [1.29, 1.82) is 0 Å². The van der Waals surface area contributed by atoms with Crippen LogP contribution in [0.1, 0.15) is 30.6 Å². The van der Waals surface area contributed by atoms with Crippen molar-refractivity contribution >= 4 is 33.5 Å². The summed E-state index contributed by atoms with van der Waals surface area (Å²) in [6, 6.07) is 8.46. The molecule has 20 heavy (non-hydrogen) atoms. The number of benzene rings is 1. The van der Waals surface area contributed by atoms with Crippen molar-refractivity contribution in [3.63, 3.8) is 0 Å². The summed E-state index contributed by atoms with van der Waals surface area (Å²) in [6.07, 6.45) is 3.26. The molecule has 1 aliphatic heterocycles. The predicted molar refractivity (Wildman–Crippen MR) is 85.6 cm³/mol. The Morgan fingerprint density at radius 2 is 2.15 bits per heavy atom. The standard InChI is InChI=1S/C16H20N2OS/c1-2-18-7-5-12(6-8-18)15-9-13-3-4-14(17-11-19)10-16(13)20-15/h3-4,9-12H,2,5-8H2,1H3,(H,17,19). The number of rotatable bonds is 4. The number of carbonyl (C=O) groups is 1. The van der Waals surface area contributed by atoms with Gasteiger partial charge < -0.3 is 10.2 Å². The van der Waals surface area contributed by atoms with Crippen LogP contribution in [-0.4, -0.2) is 30.9 Å². The van der Waals surface area contributed by atoms with Gasteiger partial charge in [-0.25, -0.2) is 0 Å². The second-order valence-corrected chi connectivity index (χ2v) is 6.49. The number of nitrogens with zero attached hydrogens (tertiary/aromatic N) is 1. The van der Waals surface area contributed by atoms with Gasteiger partial charge in [-0.2, -0.15) is 0 Å². The van der Waals surface area contributed by atoms with E-state index in [2.05, 4.69) is 35.3 Å². The van der Waals surface area contributed by atoms with Gasteiger partial charge in [-0.05, 0) is 62.0 Å². The third-order valence-corrected chi connectivity index (χ3v) is 5.46. The lowest BCUT2D eigenvalue weighted by atomic mass is 9.95. The molecule has 0 aliphatic carbocycles. The zero-order valence-electron chi connectivity index (χ0n) is 11.8. The molecule has 0 bridgehead atoms. The molecule has 1 aromatic heterocycles. The number of anilines is 1. The molecule has 3 nitrogen and oxygen atoms in total. The molecule has 1 N–H and O–H groups in total. The lowest BCUT2D eigenvalue weighted by Gasteiger charge is -2.30. The second kappa shape index (κ2) is 5.94. The van der Waals surface area contributed by atoms with Crippen molar-refractivity contribution in [3.8, 4) is 0 Å². The van der Waals surface area contributed by atoms with E-state index in [1.165, 1.54) is 47.4 Å². The van der Waals surface area contributed by atoms with Crippen molar-refractivity contribution < 1.29 is 4.79 Å². The van der Waals surface area contributed by atoms with Crippen molar-refractivity contribution in [2.45, 2.75) is 25.7 Å². The highest BCUT2D eigenvalue weighted by Crippen LogP contribution is 2.37. The van der Waals surface area contributed by atoms with Crippen LogP contribution in [0.25, 0.3) is 10.1 Å². The van der Waals surface area contributed by atoms with E-state index in [9.17, 15) is 4.79 Å². The number of thiophene rings is 1. The van der Waals surface area contributed by atoms with E-state index >= 15 is 0 Å². The molecule has 0 unspecified atom stereocenters. The summed E-state index contributed by atoms with van der Waals surface area (Å²) in [5, 5.41) is 4.01. The van der Waals surface area contributed by atoms with E-state index in [0.29, 0.717) is 5.92 Å². The molecular weight excluding hydrogens is 268 g/mol. The van der Waals surface area contributed by atoms with Gasteiger partial charge in [-0.1, -0.05) is 13.0 Å². The minimum Gasteiger partial charge on any atom is -0.329 e. The number of hydrogen-bond donors (Lipinski definition) is 1. The van der Waals surface area contributed by atoms with Crippen molar-refractivity contribution in [1.82, 2.24) is 4.90 Å². The van der Waals surface area contributed by atoms with E-state index in [0.717, 1.165) is 12.1 Å². The fourth-order valence-electron chi connectivity index (χ4n) is 2.94. The Kier molecular flexibility index (Phi) is 4.03. The largest absolute Gasteiger partial charge is 0.329 e. The first kappa shape index (κ1) is 13.6. The van der Waals surface area contributed by atoms with Gasteiger partial charge in [0.05, 0.1) is 0 Å². The molecular formula is C16H20N2OS. The molecule has 4 heteroatoms. The number of fused-ring (bicyclic) bond motifs is 1. The second-order valence-electron chi connectivity index (χ2n) is 5.37. The van der Waals surface area contributed by atoms with E-state index in [-0.39, 0.29) is 0 Å². The third-order valence-electron chi connectivity index (χ3n) is 4.20. The highest BCUT2D eigenvalue weighted by atomic mass is 32.1. The summed E-state index contributed by atoms with van der Waals surface area (Å²) >= 11 is 1.88. The van der Waals surface area contributed by atoms with Crippen LogP contribution in [0, 0.1) is 0 Å². The Morgan fingerprint density at radius 3 is 2.85 bits per heavy atom. The zero-order valence-corrected chi connectivity index (χ0v) is 12.6. The number of amides is 1. The minimum atomic E-state index is 0.706. The Balaban J connectivity index is 1.80. The molecule has 0 radical (unpaired) electrons. The normalized spacial score (nSPS) is 17.4. The number of piperidine rings is 1. The van der Waals surface area contributed by atoms with Gasteiger partial charge in [0.25, 0.3) is 0 Å². The average Bonchev–Trinajstić information content (AvgIpc) is 2.91. The molecule has 1 fully saturated rings. The summed E-state index contributed by atoms with van der Waals surface area (Å²) in [7, 11) is 0. The van der Waals surface area contributed by atoms with Gasteiger partial charge in [0.2, 0.25) is 6.41 Å². The van der Waals surface area contributed by atoms with Gasteiger partial charge >= 0.3 is 0 Å². The number of hydrogen-bond acceptors (Lipinski definition) is 3. The Labute approximate surface area is 123 Å². The summed E-state index contributed by atoms with van der Waals surface area (Å²) in [5.41, 5.74) is 0.877. The maximum absolute atomic E-state index is 10.5. The molecule has 0 spiro atoms. The highest BCUT2D eigenvalue weighted by molar-refractivity contribution is 7.19. The van der Waals surface area contributed by atoms with E-state index < -0.39 is 0 Å². The van der Waals surface area contributed by atoms with Crippen molar-refractivity contribution in [3.05, 3.63) is 29.1 Å². The van der Waals surface area contributed by atoms with Crippen LogP contribution in [-0.2, 0) is 4.79 Å². The first-order valence-electron chi connectivity index (χ1n) is 7.26. The predicted octanol–water partition coefficient (Wildman–Crippen LogP) is 3.67. The summed E-state index contributed by atoms with van der Waals surface area (Å²) in [6.45, 7) is 5.84. The molecule has 3 rings (SSSR count). The lowest BCUT2D eigenvalue weighted by molar-refractivity contribution is -0.105. The maximum atomic E-state index is 10.5. The van der Waals surface area contributed by atoms with Gasteiger partial charge in [0.1, 0.15) is 0 Å². The number of carbonyl (C=O) groups excluding carboxylic acids is 1. The number of nitrogens with one attached hydrogen (secondary N) is 1. The SMILES string of the molecule is CCN1CCC(c2cc3ccc(NC=O)cc3s2)CC1. The van der Waals surface area contributed by atoms with Crippen molar-refractivity contribution in [2.24, 2.45) is 0 Å². The molecule has 0 saturated carbocycles. The van der Waals surface area contributed by atoms with Crippen LogP contribution in [0.5, 0.6) is 0 Å². The van der Waals surface area contributed by atoms with Gasteiger partial charge in [0, 0.05) is 15.3 Å². The van der Waals surface area contributed by atoms with Gasteiger partial charge in [-0.15, -0.1) is 11.3 Å². The summed E-state index contributed by atoms with van der Waals surface area (Å²) in [4.78, 5) is 14.5. The molecule has 1 aromatic carbocycles. The minimum absolute atomic E-state index is 0.706. The molecule has 2 aromatic rings. The molecule has 2 heterocycles. The Morgan fingerprint density at radius 1 is 1.35 bits per heavy atom. The van der Waals surface area contributed by atoms with E-state index in [1.54, 1.807) is 0 Å². The van der Waals surface area contributed by atoms with Crippen LogP contribution in [0.15, 0.2) is 24.3 Å². The first-order chi connectivity index (χ1) is 9.80. The topological polar surface area (TPSA) is 32.3 Å². The third kappa shape index (κ3) is 2.72. The first-order valence-corrected chi connectivity index (χ1v) is 8.08. The van der Waals surface area contributed by atoms with Crippen LogP contribution < -0.4 is 5.32 Å². The Bertz CT molecular complexity index is 600. The molecule has 1 saturated heterocycles. The number of likely N-dealkylation sites (tertiary alicyclic amines) is 1. The van der Waals surface area contributed by atoms with Gasteiger partial charge in [0.15, 0.2) is 0 Å². The molecule has 1 amide bonds. The maximum Gasteiger partial charge on any atom is 0.211 e. The fourth-order valence-corrected chi connectivity index (χ4v) is 4.22. The van der Waals surface area contributed by atoms with Crippen LogP contribution >= 0.6 is 11.3 Å². The summed E-state index contributed by atoms with van der Waals surface area (Å²) in [5.74, 6) is 0.706. The zero-order chi connectivity index (χ0) is 13.9. The molecule has 0 atom stereocenters. The van der Waals surface area contributed by atoms with Crippen molar-refractivity contribution in [2.75, 3.05) is 25.0 Å². The molecule has 106 valence electrons. The van der Waals surface area contributed by atoms with E-state index in [4.69, 9.17) is 0 Å². The molecule has 1 aliphatic rings. The summed E-state index contributed by atoms with van der Waals surface area (Å²) < 4.78 is 1.27. The van der Waals surface area contributed by atoms with Crippen LogP contribution in [0.2, 0.25) is 0 Å². The van der Waals surface area contributed by atoms with Crippen LogP contribution in [0.3, 0.4) is 0 Å². The van der Waals surface area contributed by atoms with E-state index in [1.807, 2.05) is 17.4 Å². The quantitative estimate of drug-likeness (QED) is 0.871. The fraction of sp³-hybridized carbons (Fsp3) is 0.438. The monoisotopic (exact) mass is 288 g/mol. The smallest absolute Gasteiger partial charge is 0.211 e.